The van der Waals surface area contributed by atoms with Gasteiger partial charge in [0.1, 0.15) is 27.9 Å². The maximum absolute atomic E-state index is 13.2. The van der Waals surface area contributed by atoms with Crippen LogP contribution in [0.25, 0.3) is 0 Å². The van der Waals surface area contributed by atoms with Gasteiger partial charge in [-0.25, -0.2) is 27.5 Å². The molecule has 4 aromatic heterocycles. The molecule has 4 aromatic rings. The van der Waals surface area contributed by atoms with Gasteiger partial charge < -0.3 is 25.5 Å². The molecule has 18 heteroatoms. The van der Waals surface area contributed by atoms with Gasteiger partial charge in [0.05, 0.1) is 38.3 Å². The number of halogens is 4. The molecule has 1 saturated carbocycles. The van der Waals surface area contributed by atoms with Crippen LogP contribution in [-0.4, -0.2) is 85.6 Å². The predicted molar refractivity (Wildman–Crippen MR) is 168 cm³/mol. The Kier molecular flexibility index (Phi) is 8.42. The Morgan fingerprint density at radius 3 is 1.96 bits per heavy atom. The number of anilines is 4. The Bertz CT molecular complexity index is 1740. The number of nitrogens with zero attached hydrogens (tertiary/aromatic N) is 8. The van der Waals surface area contributed by atoms with Gasteiger partial charge >= 0.3 is 0 Å². The number of aliphatic hydroxyl groups excluding tert-OH is 1. The van der Waals surface area contributed by atoms with Crippen LogP contribution in [0.3, 0.4) is 0 Å². The van der Waals surface area contributed by atoms with Crippen molar-refractivity contribution in [3.05, 3.63) is 57.8 Å². The van der Waals surface area contributed by atoms with Crippen molar-refractivity contribution in [1.29, 1.82) is 0 Å². The summed E-state index contributed by atoms with van der Waals surface area (Å²) in [5, 5.41) is 35.8. The number of hydrogen-bond acceptors (Lipinski definition) is 13. The first-order valence-corrected chi connectivity index (χ1v) is 16.7. The number of alkyl halides is 4. The summed E-state index contributed by atoms with van der Waals surface area (Å²) in [6.45, 7) is -1.48. The molecule has 6 heterocycles. The number of aromatic nitrogens is 6. The molecule has 1 aliphatic carbocycles. The van der Waals surface area contributed by atoms with Gasteiger partial charge in [-0.15, -0.1) is 20.4 Å². The Labute approximate surface area is 274 Å². The van der Waals surface area contributed by atoms with Crippen LogP contribution >= 0.6 is 22.7 Å². The number of aliphatic hydroxyl groups is 1. The van der Waals surface area contributed by atoms with Crippen LogP contribution in [0.5, 0.6) is 0 Å². The first-order valence-electron chi connectivity index (χ1n) is 15.1. The molecule has 3 fully saturated rings. The van der Waals surface area contributed by atoms with Gasteiger partial charge in [0.15, 0.2) is 0 Å². The van der Waals surface area contributed by atoms with E-state index in [-0.39, 0.29) is 56.8 Å². The average molecular weight is 691 g/mol. The zero-order valence-corrected chi connectivity index (χ0v) is 26.5. The molecule has 47 heavy (non-hydrogen) atoms. The lowest BCUT2D eigenvalue weighted by Gasteiger charge is -2.39. The van der Waals surface area contributed by atoms with E-state index >= 15 is 0 Å². The van der Waals surface area contributed by atoms with Crippen LogP contribution in [0.2, 0.25) is 0 Å². The number of rotatable bonds is 11. The minimum Gasteiger partial charge on any atom is -0.373 e. The number of carbonyl (C=O) groups is 1. The van der Waals surface area contributed by atoms with E-state index in [1.165, 1.54) is 32.5 Å². The summed E-state index contributed by atoms with van der Waals surface area (Å²) in [6, 6.07) is 10.2. The van der Waals surface area contributed by atoms with Crippen molar-refractivity contribution >= 4 is 50.5 Å². The van der Waals surface area contributed by atoms with E-state index in [1.54, 1.807) is 36.4 Å². The van der Waals surface area contributed by atoms with Gasteiger partial charge in [-0.3, -0.25) is 4.79 Å². The molecule has 3 unspecified atom stereocenters. The lowest BCUT2D eigenvalue weighted by Crippen LogP contribution is -2.56. The fourth-order valence-corrected chi connectivity index (χ4v) is 7.75. The molecular formula is C29H30F4N10O2S2. The first kappa shape index (κ1) is 31.6. The number of carbonyl (C=O) groups excluding carboxylic acids is 1. The quantitative estimate of drug-likeness (QED) is 0.153. The van der Waals surface area contributed by atoms with Gasteiger partial charge in [0, 0.05) is 24.0 Å². The summed E-state index contributed by atoms with van der Waals surface area (Å²) < 4.78 is 52.9. The smallest absolute Gasteiger partial charge is 0.282 e. The van der Waals surface area contributed by atoms with Crippen molar-refractivity contribution in [1.82, 2.24) is 30.4 Å². The Balaban J connectivity index is 0.881. The average Bonchev–Trinajstić information content (AvgIpc) is 3.76. The fraction of sp³-hybridized carbons (Fsp3) is 0.483. The van der Waals surface area contributed by atoms with E-state index in [1.807, 2.05) is 0 Å². The highest BCUT2D eigenvalue weighted by Crippen LogP contribution is 2.46. The number of pyridine rings is 2. The molecule has 7 rings (SSSR count). The molecule has 0 bridgehead atoms. The van der Waals surface area contributed by atoms with Crippen LogP contribution in [0.4, 0.5) is 39.5 Å². The van der Waals surface area contributed by atoms with E-state index in [2.05, 4.69) is 41.0 Å². The molecule has 0 aromatic carbocycles. The third-order valence-corrected chi connectivity index (χ3v) is 10.2. The SMILES string of the molecule is O=C(Cc1cccc(N2CC(F)(F)C2)n1)Nc1nnc(C2CCC(c3nnc(NC(O)Cc4cccc(N5CC(F)(F)C5)n4)s3)C2)s1. The van der Waals surface area contributed by atoms with Gasteiger partial charge in [-0.2, -0.15) is 0 Å². The van der Waals surface area contributed by atoms with Crippen LogP contribution in [-0.2, 0) is 17.6 Å². The first-order chi connectivity index (χ1) is 22.5. The van der Waals surface area contributed by atoms with E-state index in [0.717, 1.165) is 29.3 Å². The zero-order chi connectivity index (χ0) is 32.8. The molecule has 12 nitrogen and oxygen atoms in total. The Morgan fingerprint density at radius 2 is 1.36 bits per heavy atom. The number of nitrogens with one attached hydrogen (secondary N) is 2. The fourth-order valence-electron chi connectivity index (χ4n) is 5.90. The maximum Gasteiger partial charge on any atom is 0.282 e. The largest absolute Gasteiger partial charge is 0.373 e. The topological polar surface area (TPSA) is 145 Å². The summed E-state index contributed by atoms with van der Waals surface area (Å²) in [5.41, 5.74) is 1.04. The predicted octanol–water partition coefficient (Wildman–Crippen LogP) is 4.30. The Morgan fingerprint density at radius 1 is 0.830 bits per heavy atom. The summed E-state index contributed by atoms with van der Waals surface area (Å²) >= 11 is 2.69. The summed E-state index contributed by atoms with van der Waals surface area (Å²) in [4.78, 5) is 24.4. The summed E-state index contributed by atoms with van der Waals surface area (Å²) in [7, 11) is 0. The highest BCUT2D eigenvalue weighted by atomic mass is 32.1. The van der Waals surface area contributed by atoms with Crippen LogP contribution in [0.1, 0.15) is 52.5 Å². The second kappa shape index (κ2) is 12.5. The third kappa shape index (κ3) is 7.43. The molecule has 0 spiro atoms. The van der Waals surface area contributed by atoms with E-state index in [0.29, 0.717) is 33.3 Å². The molecule has 1 amide bonds. The van der Waals surface area contributed by atoms with Gasteiger partial charge in [-0.1, -0.05) is 34.8 Å². The van der Waals surface area contributed by atoms with Crippen molar-refractivity contribution in [2.24, 2.45) is 0 Å². The second-order valence-electron chi connectivity index (χ2n) is 12.1. The Hall–Kier alpha value is -4.03. The molecule has 3 N–H and O–H groups in total. The van der Waals surface area contributed by atoms with Gasteiger partial charge in [0.25, 0.3) is 11.8 Å². The van der Waals surface area contributed by atoms with Gasteiger partial charge in [-0.05, 0) is 43.5 Å². The normalized spacial score (nSPS) is 22.0. The minimum atomic E-state index is -2.71. The molecule has 3 aliphatic rings. The van der Waals surface area contributed by atoms with Crippen LogP contribution < -0.4 is 20.4 Å². The lowest BCUT2D eigenvalue weighted by atomic mass is 10.1. The van der Waals surface area contributed by atoms with E-state index in [4.69, 9.17) is 0 Å². The van der Waals surface area contributed by atoms with E-state index < -0.39 is 18.1 Å². The van der Waals surface area contributed by atoms with Crippen molar-refractivity contribution < 1.29 is 27.5 Å². The molecule has 248 valence electrons. The monoisotopic (exact) mass is 690 g/mol. The number of amides is 1. The van der Waals surface area contributed by atoms with Crippen LogP contribution in [0, 0.1) is 0 Å². The van der Waals surface area contributed by atoms with Crippen LogP contribution in [0.15, 0.2) is 36.4 Å². The lowest BCUT2D eigenvalue weighted by molar-refractivity contribution is -0.115. The summed E-state index contributed by atoms with van der Waals surface area (Å²) in [6.07, 6.45) is 1.69. The maximum atomic E-state index is 13.2. The van der Waals surface area contributed by atoms with Crippen molar-refractivity contribution in [3.63, 3.8) is 0 Å². The summed E-state index contributed by atoms with van der Waals surface area (Å²) in [5.74, 6) is -4.54. The standard InChI is InChI=1S/C29H30F4N10O2S2/c30-28(31)12-42(13-28)20-5-1-3-18(34-20)10-22(44)36-26-40-38-24(46-26)16-7-8-17(9-16)25-39-41-27(47-25)37-23(45)11-19-4-2-6-21(35-19)43-14-29(32,33)15-43/h1-6,16-17,22,44H,7-15H2,(H,36,40)(H,37,41,45). The second-order valence-corrected chi connectivity index (χ2v) is 14.1. The van der Waals surface area contributed by atoms with Gasteiger partial charge in [0.2, 0.25) is 16.2 Å². The van der Waals surface area contributed by atoms with Crippen molar-refractivity contribution in [2.45, 2.75) is 62.0 Å². The minimum absolute atomic E-state index is 0.0242. The number of hydrogen-bond donors (Lipinski definition) is 3. The van der Waals surface area contributed by atoms with E-state index in [9.17, 15) is 27.5 Å². The molecular weight excluding hydrogens is 661 g/mol. The third-order valence-electron chi connectivity index (χ3n) is 8.21. The molecule has 3 atom stereocenters. The molecule has 2 aliphatic heterocycles. The highest BCUT2D eigenvalue weighted by Gasteiger charge is 2.45. The van der Waals surface area contributed by atoms with Crippen molar-refractivity contribution in [2.75, 3.05) is 46.6 Å². The van der Waals surface area contributed by atoms with Crippen molar-refractivity contribution in [3.8, 4) is 0 Å². The zero-order valence-electron chi connectivity index (χ0n) is 24.8. The highest BCUT2D eigenvalue weighted by molar-refractivity contribution is 7.15. The molecule has 0 radical (unpaired) electrons. The molecule has 2 saturated heterocycles.